The average molecular weight is 381 g/mol. The fourth-order valence-electron chi connectivity index (χ4n) is 2.59. The lowest BCUT2D eigenvalue weighted by Gasteiger charge is -2.03. The maximum Gasteiger partial charge on any atom is 0.187 e. The molecule has 4 aromatic rings. The maximum absolute atomic E-state index is 4.74. The molecule has 2 aromatic heterocycles. The van der Waals surface area contributed by atoms with E-state index in [1.165, 1.54) is 15.3 Å². The number of thiophene rings is 1. The molecule has 0 radical (unpaired) electrons. The van der Waals surface area contributed by atoms with Crippen LogP contribution in [0.4, 0.5) is 10.8 Å². The fraction of sp³-hybridized carbons (Fsp3) is 0.0500. The molecule has 4 rings (SSSR count). The Morgan fingerprint density at radius 2 is 1.56 bits per heavy atom. The molecule has 0 unspecified atom stereocenters. The summed E-state index contributed by atoms with van der Waals surface area (Å²) in [6, 6.07) is 21.1. The molecule has 0 saturated heterocycles. The lowest BCUT2D eigenvalue weighted by atomic mass is 10.0. The summed E-state index contributed by atoms with van der Waals surface area (Å²) in [5, 5.41) is 8.56. The number of rotatable bonds is 5. The Hall–Kier alpha value is -2.08. The van der Waals surface area contributed by atoms with Crippen LogP contribution in [0.25, 0.3) is 22.4 Å². The first-order chi connectivity index (χ1) is 12.3. The van der Waals surface area contributed by atoms with Crippen LogP contribution in [0.3, 0.4) is 0 Å². The lowest BCUT2D eigenvalue weighted by molar-refractivity contribution is 1.38. The second kappa shape index (κ2) is 7.44. The SMILES string of the molecule is CSc1sccc1Nc1nc(-c2ccc(-c3ccccc3)cc2)cs1. The highest BCUT2D eigenvalue weighted by atomic mass is 32.2. The lowest BCUT2D eigenvalue weighted by Crippen LogP contribution is -1.88. The first-order valence-corrected chi connectivity index (χ1v) is 10.8. The van der Waals surface area contributed by atoms with Crippen LogP contribution in [0.1, 0.15) is 0 Å². The Morgan fingerprint density at radius 1 is 0.840 bits per heavy atom. The molecule has 0 amide bonds. The Balaban J connectivity index is 1.54. The van der Waals surface area contributed by atoms with E-state index < -0.39 is 0 Å². The number of nitrogens with one attached hydrogen (secondary N) is 1. The Kier molecular flexibility index (Phi) is 4.88. The summed E-state index contributed by atoms with van der Waals surface area (Å²) in [5.41, 5.74) is 5.74. The minimum atomic E-state index is 0.927. The van der Waals surface area contributed by atoms with E-state index in [0.29, 0.717) is 0 Å². The van der Waals surface area contributed by atoms with E-state index >= 15 is 0 Å². The summed E-state index contributed by atoms with van der Waals surface area (Å²) >= 11 is 5.14. The third-order valence-corrected chi connectivity index (χ3v) is 6.69. The van der Waals surface area contributed by atoms with Gasteiger partial charge in [0.25, 0.3) is 0 Å². The molecule has 0 aliphatic carbocycles. The van der Waals surface area contributed by atoms with Crippen LogP contribution in [0.2, 0.25) is 0 Å². The van der Waals surface area contributed by atoms with Crippen LogP contribution in [0, 0.1) is 0 Å². The summed E-state index contributed by atoms with van der Waals surface area (Å²) < 4.78 is 1.28. The highest BCUT2D eigenvalue weighted by Gasteiger charge is 2.08. The molecule has 0 atom stereocenters. The van der Waals surface area contributed by atoms with Gasteiger partial charge < -0.3 is 5.32 Å². The third-order valence-electron chi connectivity index (χ3n) is 3.85. The second-order valence-corrected chi connectivity index (χ2v) is 8.28. The summed E-state index contributed by atoms with van der Waals surface area (Å²) in [6.07, 6.45) is 2.10. The van der Waals surface area contributed by atoms with E-state index in [0.717, 1.165) is 22.1 Å². The normalized spacial score (nSPS) is 10.8. The standard InChI is InChI=1S/C20H16N2S3/c1-23-19-17(11-12-24-19)21-20-22-18(13-25-20)16-9-7-15(8-10-16)14-5-3-2-4-6-14/h2-13H,1H3,(H,21,22). The van der Waals surface area contributed by atoms with E-state index in [9.17, 15) is 0 Å². The summed E-state index contributed by atoms with van der Waals surface area (Å²) in [6.45, 7) is 0. The van der Waals surface area contributed by atoms with Crippen molar-refractivity contribution in [3.05, 3.63) is 71.4 Å². The average Bonchev–Trinajstić information content (AvgIpc) is 3.32. The van der Waals surface area contributed by atoms with Gasteiger partial charge in [-0.15, -0.1) is 34.4 Å². The zero-order valence-electron chi connectivity index (χ0n) is 13.6. The van der Waals surface area contributed by atoms with Crippen LogP contribution in [0.5, 0.6) is 0 Å². The van der Waals surface area contributed by atoms with Gasteiger partial charge in [0.2, 0.25) is 0 Å². The number of anilines is 2. The van der Waals surface area contributed by atoms with E-state index in [1.54, 1.807) is 34.4 Å². The molecule has 0 aliphatic rings. The Bertz CT molecular complexity index is 956. The molecule has 25 heavy (non-hydrogen) atoms. The van der Waals surface area contributed by atoms with Crippen LogP contribution in [0.15, 0.2) is 75.6 Å². The molecular weight excluding hydrogens is 364 g/mol. The number of hydrogen-bond acceptors (Lipinski definition) is 5. The number of nitrogens with zero attached hydrogens (tertiary/aromatic N) is 1. The van der Waals surface area contributed by atoms with Gasteiger partial charge in [-0.1, -0.05) is 54.6 Å². The van der Waals surface area contributed by atoms with Crippen molar-refractivity contribution >= 4 is 45.3 Å². The van der Waals surface area contributed by atoms with Gasteiger partial charge in [0.15, 0.2) is 5.13 Å². The summed E-state index contributed by atoms with van der Waals surface area (Å²) in [7, 11) is 0. The number of hydrogen-bond donors (Lipinski definition) is 1. The predicted octanol–water partition coefficient (Wildman–Crippen LogP) is 7.00. The van der Waals surface area contributed by atoms with Gasteiger partial charge in [0.1, 0.15) is 0 Å². The van der Waals surface area contributed by atoms with Gasteiger partial charge >= 0.3 is 0 Å². The van der Waals surface area contributed by atoms with Crippen LogP contribution in [-0.2, 0) is 0 Å². The molecule has 2 nitrogen and oxygen atoms in total. The predicted molar refractivity (Wildman–Crippen MR) is 112 cm³/mol. The third kappa shape index (κ3) is 3.63. The molecule has 0 saturated carbocycles. The summed E-state index contributed by atoms with van der Waals surface area (Å²) in [5.74, 6) is 0. The largest absolute Gasteiger partial charge is 0.330 e. The number of aromatic nitrogens is 1. The molecule has 124 valence electrons. The van der Waals surface area contributed by atoms with Crippen LogP contribution in [-0.4, -0.2) is 11.2 Å². The molecule has 2 aromatic carbocycles. The topological polar surface area (TPSA) is 24.9 Å². The molecular formula is C20H16N2S3. The van der Waals surface area contributed by atoms with Crippen molar-refractivity contribution in [3.63, 3.8) is 0 Å². The summed E-state index contributed by atoms with van der Waals surface area (Å²) in [4.78, 5) is 4.74. The minimum Gasteiger partial charge on any atom is -0.330 e. The van der Waals surface area contributed by atoms with Crippen molar-refractivity contribution < 1.29 is 0 Å². The molecule has 0 spiro atoms. The number of thioether (sulfide) groups is 1. The first kappa shape index (κ1) is 16.4. The van der Waals surface area contributed by atoms with E-state index in [4.69, 9.17) is 4.98 Å². The van der Waals surface area contributed by atoms with Crippen molar-refractivity contribution in [2.75, 3.05) is 11.6 Å². The van der Waals surface area contributed by atoms with Crippen molar-refractivity contribution in [2.24, 2.45) is 0 Å². The Labute approximate surface area is 159 Å². The van der Waals surface area contributed by atoms with Crippen molar-refractivity contribution in [3.8, 4) is 22.4 Å². The van der Waals surface area contributed by atoms with Crippen molar-refractivity contribution in [1.29, 1.82) is 0 Å². The van der Waals surface area contributed by atoms with Crippen molar-refractivity contribution in [1.82, 2.24) is 4.98 Å². The first-order valence-electron chi connectivity index (χ1n) is 7.83. The number of thiazole rings is 1. The smallest absolute Gasteiger partial charge is 0.187 e. The van der Waals surface area contributed by atoms with Crippen molar-refractivity contribution in [2.45, 2.75) is 4.21 Å². The molecule has 5 heteroatoms. The monoisotopic (exact) mass is 380 g/mol. The van der Waals surface area contributed by atoms with Crippen LogP contribution < -0.4 is 5.32 Å². The van der Waals surface area contributed by atoms with Gasteiger partial charge in [0.05, 0.1) is 15.6 Å². The minimum absolute atomic E-state index is 0.927. The van der Waals surface area contributed by atoms with Gasteiger partial charge in [-0.25, -0.2) is 4.98 Å². The van der Waals surface area contributed by atoms with E-state index in [-0.39, 0.29) is 0 Å². The molecule has 0 aliphatic heterocycles. The molecule has 1 N–H and O–H groups in total. The maximum atomic E-state index is 4.74. The van der Waals surface area contributed by atoms with E-state index in [1.807, 2.05) is 6.07 Å². The van der Waals surface area contributed by atoms with Gasteiger partial charge in [-0.3, -0.25) is 0 Å². The number of benzene rings is 2. The highest BCUT2D eigenvalue weighted by Crippen LogP contribution is 2.35. The molecule has 2 heterocycles. The van der Waals surface area contributed by atoms with E-state index in [2.05, 4.69) is 76.9 Å². The van der Waals surface area contributed by atoms with Gasteiger partial charge in [-0.2, -0.15) is 0 Å². The Morgan fingerprint density at radius 3 is 2.32 bits per heavy atom. The highest BCUT2D eigenvalue weighted by molar-refractivity contribution is 8.00. The van der Waals surface area contributed by atoms with Gasteiger partial charge in [0, 0.05) is 10.9 Å². The molecule has 0 bridgehead atoms. The van der Waals surface area contributed by atoms with Gasteiger partial charge in [-0.05, 0) is 28.8 Å². The van der Waals surface area contributed by atoms with Crippen LogP contribution >= 0.6 is 34.4 Å². The zero-order chi connectivity index (χ0) is 17.1. The molecule has 0 fully saturated rings. The zero-order valence-corrected chi connectivity index (χ0v) is 16.0. The fourth-order valence-corrected chi connectivity index (χ4v) is 4.79. The second-order valence-electron chi connectivity index (χ2n) is 5.43. The quantitative estimate of drug-likeness (QED) is 0.377.